The summed E-state index contributed by atoms with van der Waals surface area (Å²) in [6.07, 6.45) is 0.926. The highest BCUT2D eigenvalue weighted by Gasteiger charge is 2.25. The molecule has 1 amide bonds. The summed E-state index contributed by atoms with van der Waals surface area (Å²) < 4.78 is 0. The lowest BCUT2D eigenvalue weighted by molar-refractivity contribution is 0.0795. The zero-order chi connectivity index (χ0) is 11.0. The number of likely N-dealkylation sites (tertiary alicyclic amines) is 1. The summed E-state index contributed by atoms with van der Waals surface area (Å²) in [6, 6.07) is 2.14. The fourth-order valence-electron chi connectivity index (χ4n) is 1.81. The van der Waals surface area contributed by atoms with Crippen LogP contribution in [0.5, 0.6) is 0 Å². The van der Waals surface area contributed by atoms with E-state index >= 15 is 0 Å². The Morgan fingerprint density at radius 2 is 2.25 bits per heavy atom. The van der Waals surface area contributed by atoms with E-state index in [1.54, 1.807) is 11.3 Å². The third-order valence-electron chi connectivity index (χ3n) is 2.89. The van der Waals surface area contributed by atoms with Gasteiger partial charge in [-0.15, -0.1) is 23.7 Å². The van der Waals surface area contributed by atoms with E-state index in [1.807, 2.05) is 24.8 Å². The Labute approximate surface area is 106 Å². The molecule has 1 saturated heterocycles. The van der Waals surface area contributed by atoms with E-state index in [4.69, 9.17) is 5.73 Å². The van der Waals surface area contributed by atoms with Gasteiger partial charge in [0.2, 0.25) is 0 Å². The summed E-state index contributed by atoms with van der Waals surface area (Å²) in [5, 5.41) is 0. The first kappa shape index (κ1) is 13.5. The first-order valence-corrected chi connectivity index (χ1v) is 6.01. The second-order valence-electron chi connectivity index (χ2n) is 4.15. The van der Waals surface area contributed by atoms with Crippen LogP contribution in [0.1, 0.15) is 26.5 Å². The highest BCUT2D eigenvalue weighted by molar-refractivity contribution is 7.14. The molecule has 0 saturated carbocycles. The second kappa shape index (κ2) is 5.17. The number of nitrogens with zero attached hydrogens (tertiary/aromatic N) is 1. The van der Waals surface area contributed by atoms with Crippen LogP contribution in [0, 0.1) is 13.8 Å². The standard InChI is InChI=1S/C11H16N2OS.ClH/c1-7-5-10(15-8(7)2)11(14)13-4-3-9(12)6-13;/h5,9H,3-4,6,12H2,1-2H3;1H. The first-order valence-electron chi connectivity index (χ1n) is 5.20. The molecule has 90 valence electrons. The normalized spacial score (nSPS) is 19.7. The van der Waals surface area contributed by atoms with Crippen molar-refractivity contribution >= 4 is 29.7 Å². The predicted octanol–water partition coefficient (Wildman–Crippen LogP) is 1.96. The van der Waals surface area contributed by atoms with Crippen molar-refractivity contribution in [1.82, 2.24) is 4.90 Å². The van der Waals surface area contributed by atoms with Gasteiger partial charge in [0.05, 0.1) is 4.88 Å². The number of aryl methyl sites for hydroxylation is 2. The van der Waals surface area contributed by atoms with E-state index in [-0.39, 0.29) is 24.4 Å². The number of rotatable bonds is 1. The average molecular weight is 261 g/mol. The summed E-state index contributed by atoms with van der Waals surface area (Å²) >= 11 is 1.58. The van der Waals surface area contributed by atoms with E-state index in [0.29, 0.717) is 6.54 Å². The molecular formula is C11H17ClN2OS. The number of hydrogen-bond donors (Lipinski definition) is 1. The average Bonchev–Trinajstić information content (AvgIpc) is 2.74. The zero-order valence-corrected chi connectivity index (χ0v) is 11.2. The number of carbonyl (C=O) groups is 1. The Kier molecular flexibility index (Phi) is 4.35. The van der Waals surface area contributed by atoms with Gasteiger partial charge in [0.1, 0.15) is 0 Å². The molecule has 1 aliphatic rings. The molecule has 16 heavy (non-hydrogen) atoms. The molecule has 1 aromatic rings. The Morgan fingerprint density at radius 3 is 2.69 bits per heavy atom. The molecular weight excluding hydrogens is 244 g/mol. The minimum Gasteiger partial charge on any atom is -0.336 e. The van der Waals surface area contributed by atoms with Crippen molar-refractivity contribution in [3.8, 4) is 0 Å². The molecule has 0 aromatic carbocycles. The van der Waals surface area contributed by atoms with E-state index < -0.39 is 0 Å². The Morgan fingerprint density at radius 1 is 1.56 bits per heavy atom. The maximum absolute atomic E-state index is 12.0. The molecule has 2 N–H and O–H groups in total. The molecule has 2 rings (SSSR count). The molecule has 0 spiro atoms. The van der Waals surface area contributed by atoms with Crippen LogP contribution in [0.15, 0.2) is 6.07 Å². The third-order valence-corrected chi connectivity index (χ3v) is 4.03. The fourth-order valence-corrected chi connectivity index (χ4v) is 2.81. The number of thiophene rings is 1. The SMILES string of the molecule is Cc1cc(C(=O)N2CCC(N)C2)sc1C.Cl. The van der Waals surface area contributed by atoms with Gasteiger partial charge in [-0.25, -0.2) is 0 Å². The van der Waals surface area contributed by atoms with Crippen molar-refractivity contribution in [2.45, 2.75) is 26.3 Å². The van der Waals surface area contributed by atoms with Gasteiger partial charge in [-0.2, -0.15) is 0 Å². The van der Waals surface area contributed by atoms with Crippen LogP contribution >= 0.6 is 23.7 Å². The highest BCUT2D eigenvalue weighted by Crippen LogP contribution is 2.23. The minimum atomic E-state index is 0. The van der Waals surface area contributed by atoms with Crippen LogP contribution in [0.2, 0.25) is 0 Å². The van der Waals surface area contributed by atoms with Crippen molar-refractivity contribution in [1.29, 1.82) is 0 Å². The molecule has 2 heterocycles. The quantitative estimate of drug-likeness (QED) is 0.839. The molecule has 1 atom stereocenters. The van der Waals surface area contributed by atoms with Crippen molar-refractivity contribution in [3.63, 3.8) is 0 Å². The summed E-state index contributed by atoms with van der Waals surface area (Å²) in [7, 11) is 0. The number of halogens is 1. The van der Waals surface area contributed by atoms with Crippen LogP contribution in [-0.2, 0) is 0 Å². The van der Waals surface area contributed by atoms with Crippen LogP contribution in [0.3, 0.4) is 0 Å². The number of nitrogens with two attached hydrogens (primary N) is 1. The van der Waals surface area contributed by atoms with Gasteiger partial charge in [0, 0.05) is 24.0 Å². The van der Waals surface area contributed by atoms with Crippen LogP contribution in [0.4, 0.5) is 0 Å². The monoisotopic (exact) mass is 260 g/mol. The van der Waals surface area contributed by atoms with Gasteiger partial charge in [0.25, 0.3) is 5.91 Å². The largest absolute Gasteiger partial charge is 0.336 e. The van der Waals surface area contributed by atoms with Gasteiger partial charge < -0.3 is 10.6 Å². The Bertz CT molecular complexity index is 372. The molecule has 0 aliphatic carbocycles. The number of hydrogen-bond acceptors (Lipinski definition) is 3. The van der Waals surface area contributed by atoms with Crippen molar-refractivity contribution in [2.75, 3.05) is 13.1 Å². The van der Waals surface area contributed by atoms with E-state index in [2.05, 4.69) is 0 Å². The summed E-state index contributed by atoms with van der Waals surface area (Å²) in [6.45, 7) is 5.59. The lowest BCUT2D eigenvalue weighted by Gasteiger charge is -2.14. The lowest BCUT2D eigenvalue weighted by atomic mass is 10.3. The second-order valence-corrected chi connectivity index (χ2v) is 5.41. The van der Waals surface area contributed by atoms with E-state index in [9.17, 15) is 4.79 Å². The zero-order valence-electron chi connectivity index (χ0n) is 9.53. The first-order chi connectivity index (χ1) is 7.08. The van der Waals surface area contributed by atoms with Crippen molar-refractivity contribution in [2.24, 2.45) is 5.73 Å². The van der Waals surface area contributed by atoms with Crippen LogP contribution in [-0.4, -0.2) is 29.9 Å². The summed E-state index contributed by atoms with van der Waals surface area (Å²) in [5.41, 5.74) is 6.99. The van der Waals surface area contributed by atoms with Gasteiger partial charge >= 0.3 is 0 Å². The molecule has 0 radical (unpaired) electrons. The van der Waals surface area contributed by atoms with Gasteiger partial charge in [-0.3, -0.25) is 4.79 Å². The van der Waals surface area contributed by atoms with Gasteiger partial charge in [-0.05, 0) is 31.9 Å². The molecule has 3 nitrogen and oxygen atoms in total. The van der Waals surface area contributed by atoms with Crippen molar-refractivity contribution in [3.05, 3.63) is 21.4 Å². The Hall–Kier alpha value is -0.580. The molecule has 1 aromatic heterocycles. The topological polar surface area (TPSA) is 46.3 Å². The summed E-state index contributed by atoms with van der Waals surface area (Å²) in [4.78, 5) is 16.0. The van der Waals surface area contributed by atoms with Crippen LogP contribution in [0.25, 0.3) is 0 Å². The number of carbonyl (C=O) groups excluding carboxylic acids is 1. The molecule has 1 fully saturated rings. The maximum atomic E-state index is 12.0. The highest BCUT2D eigenvalue weighted by atomic mass is 35.5. The van der Waals surface area contributed by atoms with Crippen molar-refractivity contribution < 1.29 is 4.79 Å². The summed E-state index contributed by atoms with van der Waals surface area (Å²) in [5.74, 6) is 0.143. The molecule has 1 aliphatic heterocycles. The van der Waals surface area contributed by atoms with Gasteiger partial charge in [-0.1, -0.05) is 0 Å². The lowest BCUT2D eigenvalue weighted by Crippen LogP contribution is -2.31. The Balaban J connectivity index is 0.00000128. The molecule has 5 heteroatoms. The number of amides is 1. The van der Waals surface area contributed by atoms with Gasteiger partial charge in [0.15, 0.2) is 0 Å². The van der Waals surface area contributed by atoms with Crippen LogP contribution < -0.4 is 5.73 Å². The molecule has 1 unspecified atom stereocenters. The fraction of sp³-hybridized carbons (Fsp3) is 0.545. The van der Waals surface area contributed by atoms with E-state index in [0.717, 1.165) is 17.8 Å². The maximum Gasteiger partial charge on any atom is 0.263 e. The third kappa shape index (κ3) is 2.56. The smallest absolute Gasteiger partial charge is 0.263 e. The minimum absolute atomic E-state index is 0. The predicted molar refractivity (Wildman–Crippen MR) is 69.5 cm³/mol. The van der Waals surface area contributed by atoms with E-state index in [1.165, 1.54) is 10.4 Å². The molecule has 0 bridgehead atoms.